The van der Waals surface area contributed by atoms with Crippen molar-refractivity contribution in [3.8, 4) is 28.5 Å². The van der Waals surface area contributed by atoms with Gasteiger partial charge in [0.05, 0.1) is 17.6 Å². The van der Waals surface area contributed by atoms with Crippen LogP contribution in [0.4, 0.5) is 4.39 Å². The second-order valence-corrected chi connectivity index (χ2v) is 10.2. The molecule has 2 aromatic carbocycles. The van der Waals surface area contributed by atoms with Gasteiger partial charge in [-0.2, -0.15) is 9.97 Å². The molecule has 0 bridgehead atoms. The summed E-state index contributed by atoms with van der Waals surface area (Å²) in [4.78, 5) is 32.7. The average molecular weight is 567 g/mol. The van der Waals surface area contributed by atoms with E-state index in [1.165, 1.54) is 12.1 Å². The van der Waals surface area contributed by atoms with Crippen LogP contribution in [0, 0.1) is 5.82 Å². The van der Waals surface area contributed by atoms with E-state index in [-0.39, 0.29) is 36.3 Å². The fraction of sp³-hybridized carbons (Fsp3) is 0.357. The standard InChI is InChI=1S/C28H31FN6O6/c1-15(2)26-31-23(34-40-26)17-6-9-19(10-7-17)39-16(3)27-32-24(35-41-27)18-8-11-20(21(29)12-18)25(37)33-28(4,5)14-38-22(36)13-30/h6-12,15-16H,13-14,30H2,1-5H3,(H,33,37). The maximum absolute atomic E-state index is 14.9. The predicted octanol–water partition coefficient (Wildman–Crippen LogP) is 4.20. The summed E-state index contributed by atoms with van der Waals surface area (Å²) in [6.45, 7) is 8.55. The summed E-state index contributed by atoms with van der Waals surface area (Å²) < 4.78 is 36.4. The van der Waals surface area contributed by atoms with Crippen molar-refractivity contribution in [3.05, 3.63) is 65.6 Å². The first kappa shape index (κ1) is 29.3. The van der Waals surface area contributed by atoms with Crippen molar-refractivity contribution in [2.45, 2.75) is 52.2 Å². The van der Waals surface area contributed by atoms with Crippen LogP contribution in [0.5, 0.6) is 5.75 Å². The van der Waals surface area contributed by atoms with Gasteiger partial charge in [0.1, 0.15) is 18.2 Å². The molecule has 4 rings (SSSR count). The van der Waals surface area contributed by atoms with E-state index in [9.17, 15) is 14.0 Å². The van der Waals surface area contributed by atoms with Crippen LogP contribution in [0.25, 0.3) is 22.8 Å². The molecule has 41 heavy (non-hydrogen) atoms. The summed E-state index contributed by atoms with van der Waals surface area (Å²) in [5.74, 6) is -0.0310. The van der Waals surface area contributed by atoms with Crippen LogP contribution < -0.4 is 15.8 Å². The Morgan fingerprint density at radius 3 is 2.20 bits per heavy atom. The molecule has 0 radical (unpaired) electrons. The molecule has 12 nitrogen and oxygen atoms in total. The Balaban J connectivity index is 1.39. The first-order valence-electron chi connectivity index (χ1n) is 12.9. The third-order valence-corrected chi connectivity index (χ3v) is 5.84. The second kappa shape index (κ2) is 12.3. The maximum Gasteiger partial charge on any atom is 0.319 e. The van der Waals surface area contributed by atoms with Gasteiger partial charge in [-0.1, -0.05) is 30.2 Å². The van der Waals surface area contributed by atoms with Crippen molar-refractivity contribution in [1.82, 2.24) is 25.6 Å². The summed E-state index contributed by atoms with van der Waals surface area (Å²) in [5, 5.41) is 10.6. The summed E-state index contributed by atoms with van der Waals surface area (Å²) in [5.41, 5.74) is 5.16. The van der Waals surface area contributed by atoms with E-state index in [1.807, 2.05) is 26.0 Å². The largest absolute Gasteiger partial charge is 0.481 e. The summed E-state index contributed by atoms with van der Waals surface area (Å²) in [6.07, 6.45) is -0.606. The Hall–Kier alpha value is -4.65. The Bertz CT molecular complexity index is 1510. The molecule has 3 N–H and O–H groups in total. The van der Waals surface area contributed by atoms with Crippen LogP contribution in [0.2, 0.25) is 0 Å². The van der Waals surface area contributed by atoms with Gasteiger partial charge in [0.2, 0.25) is 17.5 Å². The van der Waals surface area contributed by atoms with Crippen molar-refractivity contribution in [1.29, 1.82) is 0 Å². The van der Waals surface area contributed by atoms with E-state index in [0.29, 0.717) is 23.0 Å². The number of ether oxygens (including phenoxy) is 2. The highest BCUT2D eigenvalue weighted by Crippen LogP contribution is 2.27. The third kappa shape index (κ3) is 7.31. The fourth-order valence-electron chi connectivity index (χ4n) is 3.61. The SMILES string of the molecule is CC(C)c1nc(-c2ccc(OC(C)c3nc(-c4ccc(C(=O)NC(C)(C)COC(=O)CN)c(F)c4)no3)cc2)no1. The minimum Gasteiger partial charge on any atom is -0.481 e. The lowest BCUT2D eigenvalue weighted by Gasteiger charge is -2.25. The fourth-order valence-corrected chi connectivity index (χ4v) is 3.61. The average Bonchev–Trinajstić information content (AvgIpc) is 3.63. The number of carbonyl (C=O) groups is 2. The number of esters is 1. The topological polar surface area (TPSA) is 168 Å². The summed E-state index contributed by atoms with van der Waals surface area (Å²) in [6, 6.07) is 11.1. The number of nitrogens with one attached hydrogen (secondary N) is 1. The van der Waals surface area contributed by atoms with Gasteiger partial charge >= 0.3 is 5.97 Å². The van der Waals surface area contributed by atoms with E-state index < -0.39 is 29.3 Å². The molecule has 0 saturated heterocycles. The molecular weight excluding hydrogens is 535 g/mol. The van der Waals surface area contributed by atoms with Gasteiger partial charge in [-0.15, -0.1) is 0 Å². The minimum absolute atomic E-state index is 0.123. The van der Waals surface area contributed by atoms with Gasteiger partial charge in [-0.3, -0.25) is 9.59 Å². The number of carbonyl (C=O) groups excluding carboxylic acids is 2. The van der Waals surface area contributed by atoms with Gasteiger partial charge in [0.15, 0.2) is 6.10 Å². The van der Waals surface area contributed by atoms with Crippen molar-refractivity contribution >= 4 is 11.9 Å². The zero-order chi connectivity index (χ0) is 29.7. The highest BCUT2D eigenvalue weighted by atomic mass is 19.1. The zero-order valence-corrected chi connectivity index (χ0v) is 23.3. The maximum atomic E-state index is 14.9. The highest BCUT2D eigenvalue weighted by molar-refractivity contribution is 5.95. The van der Waals surface area contributed by atoms with E-state index in [0.717, 1.165) is 11.6 Å². The van der Waals surface area contributed by atoms with Crippen LogP contribution in [0.3, 0.4) is 0 Å². The van der Waals surface area contributed by atoms with Crippen LogP contribution in [-0.2, 0) is 9.53 Å². The van der Waals surface area contributed by atoms with Crippen molar-refractivity contribution < 1.29 is 32.5 Å². The number of aromatic nitrogens is 4. The number of rotatable bonds is 11. The van der Waals surface area contributed by atoms with Crippen LogP contribution in [0.15, 0.2) is 51.5 Å². The number of nitrogens with zero attached hydrogens (tertiary/aromatic N) is 4. The van der Waals surface area contributed by atoms with Gasteiger partial charge in [0, 0.05) is 17.0 Å². The second-order valence-electron chi connectivity index (χ2n) is 10.2. The van der Waals surface area contributed by atoms with Gasteiger partial charge in [-0.05, 0) is 57.2 Å². The molecule has 13 heteroatoms. The third-order valence-electron chi connectivity index (χ3n) is 5.84. The Kier molecular flexibility index (Phi) is 8.77. The minimum atomic E-state index is -0.948. The number of amides is 1. The predicted molar refractivity (Wildman–Crippen MR) is 144 cm³/mol. The van der Waals surface area contributed by atoms with Crippen LogP contribution in [-0.4, -0.2) is 50.8 Å². The lowest BCUT2D eigenvalue weighted by molar-refractivity contribution is -0.143. The quantitative estimate of drug-likeness (QED) is 0.250. The molecule has 216 valence electrons. The van der Waals surface area contributed by atoms with Gasteiger partial charge < -0.3 is 29.6 Å². The molecule has 0 aliphatic heterocycles. The Morgan fingerprint density at radius 1 is 0.976 bits per heavy atom. The van der Waals surface area contributed by atoms with Crippen molar-refractivity contribution in [3.63, 3.8) is 0 Å². The molecule has 1 amide bonds. The van der Waals surface area contributed by atoms with E-state index >= 15 is 0 Å². The number of hydrogen-bond acceptors (Lipinski definition) is 11. The Morgan fingerprint density at radius 2 is 1.59 bits per heavy atom. The van der Waals surface area contributed by atoms with Crippen LogP contribution in [0.1, 0.15) is 68.8 Å². The summed E-state index contributed by atoms with van der Waals surface area (Å²) >= 11 is 0. The number of nitrogens with two attached hydrogens (primary N) is 1. The van der Waals surface area contributed by atoms with Crippen molar-refractivity contribution in [2.24, 2.45) is 5.73 Å². The number of hydrogen-bond donors (Lipinski definition) is 2. The number of benzene rings is 2. The molecule has 0 aliphatic carbocycles. The smallest absolute Gasteiger partial charge is 0.319 e. The molecule has 4 aromatic rings. The van der Waals surface area contributed by atoms with Gasteiger partial charge in [0.25, 0.3) is 11.8 Å². The van der Waals surface area contributed by atoms with Gasteiger partial charge in [-0.25, -0.2) is 4.39 Å². The van der Waals surface area contributed by atoms with E-state index in [1.54, 1.807) is 32.9 Å². The van der Waals surface area contributed by atoms with E-state index in [2.05, 4.69) is 25.6 Å². The molecule has 2 aromatic heterocycles. The molecule has 1 atom stereocenters. The molecule has 0 spiro atoms. The molecule has 0 saturated carbocycles. The normalized spacial score (nSPS) is 12.3. The molecule has 1 unspecified atom stereocenters. The van der Waals surface area contributed by atoms with E-state index in [4.69, 9.17) is 24.3 Å². The molecular formula is C28H31FN6O6. The lowest BCUT2D eigenvalue weighted by Crippen LogP contribution is -2.48. The Labute approximate surface area is 235 Å². The van der Waals surface area contributed by atoms with Crippen molar-refractivity contribution in [2.75, 3.05) is 13.2 Å². The number of halogens is 1. The molecule has 0 fully saturated rings. The first-order valence-corrected chi connectivity index (χ1v) is 12.9. The molecule has 0 aliphatic rings. The molecule has 2 heterocycles. The highest BCUT2D eigenvalue weighted by Gasteiger charge is 2.25. The lowest BCUT2D eigenvalue weighted by atomic mass is 10.0. The van der Waals surface area contributed by atoms with Crippen LogP contribution >= 0.6 is 0 Å². The zero-order valence-electron chi connectivity index (χ0n) is 23.3. The monoisotopic (exact) mass is 566 g/mol. The first-order chi connectivity index (χ1) is 19.5. The summed E-state index contributed by atoms with van der Waals surface area (Å²) in [7, 11) is 0.